The van der Waals surface area contributed by atoms with Crippen LogP contribution in [0.15, 0.2) is 0 Å². The predicted octanol–water partition coefficient (Wildman–Crippen LogP) is 0.0169. The summed E-state index contributed by atoms with van der Waals surface area (Å²) in [6, 6.07) is 0. The van der Waals surface area contributed by atoms with Crippen molar-refractivity contribution >= 4 is 6.29 Å². The number of carbonyl (C=O) groups is 1. The van der Waals surface area contributed by atoms with Crippen LogP contribution < -0.4 is 0 Å². The fourth-order valence-electron chi connectivity index (χ4n) is 0. The van der Waals surface area contributed by atoms with Gasteiger partial charge in [0.15, 0.2) is 0 Å². The quantitative estimate of drug-likeness (QED) is 0.421. The molecule has 0 aliphatic heterocycles. The summed E-state index contributed by atoms with van der Waals surface area (Å²) in [6.07, 6.45) is 0.500. The van der Waals surface area contributed by atoms with Gasteiger partial charge in [0.25, 0.3) is 0 Å². The van der Waals surface area contributed by atoms with Crippen LogP contribution >= 0.6 is 0 Å². The van der Waals surface area contributed by atoms with Crippen LogP contribution in [0.5, 0.6) is 0 Å². The van der Waals surface area contributed by atoms with E-state index < -0.39 is 0 Å². The third-order valence-corrected chi connectivity index (χ3v) is 0. The van der Waals surface area contributed by atoms with Gasteiger partial charge >= 0.3 is 0 Å². The average molecular weight is 227 g/mol. The van der Waals surface area contributed by atoms with Crippen molar-refractivity contribution in [2.45, 2.75) is 0 Å². The molecule has 1 nitrogen and oxygen atoms in total. The van der Waals surface area contributed by atoms with Gasteiger partial charge in [0, 0.05) is 21.1 Å². The van der Waals surface area contributed by atoms with Gasteiger partial charge in [-0.05, 0) is 6.29 Å². The third kappa shape index (κ3) is 64.5. The van der Waals surface area contributed by atoms with E-state index in [0.717, 1.165) is 0 Å². The van der Waals surface area contributed by atoms with Gasteiger partial charge in [-0.2, -0.15) is 0 Å². The molecule has 0 aromatic heterocycles. The van der Waals surface area contributed by atoms with Crippen LogP contribution in [-0.4, -0.2) is 6.29 Å². The molecule has 0 aromatic carbocycles. The molecular formula is C2H3OW-. The number of hydrogen-bond acceptors (Lipinski definition) is 1. The van der Waals surface area contributed by atoms with Gasteiger partial charge in [0.05, 0.1) is 0 Å². The Morgan fingerprint density at radius 1 is 1.75 bits per heavy atom. The van der Waals surface area contributed by atoms with E-state index in [0.29, 0.717) is 6.29 Å². The molecule has 0 unspecified atom stereocenters. The Morgan fingerprint density at radius 2 is 1.75 bits per heavy atom. The molecule has 0 N–H and O–H groups in total. The third-order valence-electron chi connectivity index (χ3n) is 0. The van der Waals surface area contributed by atoms with Crippen LogP contribution in [0.25, 0.3) is 0 Å². The minimum Gasteiger partial charge on any atom is -0.343 e. The Hall–Kier alpha value is 0.228. The fraction of sp³-hybridized carbons (Fsp3) is 0. The van der Waals surface area contributed by atoms with Crippen LogP contribution in [0.2, 0.25) is 0 Å². The molecule has 0 saturated carbocycles. The minimum absolute atomic E-state index is 0. The van der Waals surface area contributed by atoms with Crippen molar-refractivity contribution in [2.75, 3.05) is 0 Å². The number of carbonyl (C=O) groups excluding carboxylic acids is 1. The second-order valence-electron chi connectivity index (χ2n) is 0.167. The SMILES string of the molecule is [CH2-]C=O.[W]. The summed E-state index contributed by atoms with van der Waals surface area (Å²) in [6.45, 7) is 2.81. The Balaban J connectivity index is 0. The first-order valence-electron chi connectivity index (χ1n) is 0.644. The van der Waals surface area contributed by atoms with Crippen molar-refractivity contribution in [3.63, 3.8) is 0 Å². The molecule has 24 valence electrons. The van der Waals surface area contributed by atoms with Crippen molar-refractivity contribution < 1.29 is 25.9 Å². The molecule has 0 radical (unpaired) electrons. The van der Waals surface area contributed by atoms with Crippen LogP contribution in [0, 0.1) is 6.92 Å². The van der Waals surface area contributed by atoms with E-state index in [2.05, 4.69) is 6.92 Å². The monoisotopic (exact) mass is 227 g/mol. The van der Waals surface area contributed by atoms with E-state index in [1.807, 2.05) is 0 Å². The van der Waals surface area contributed by atoms with Crippen LogP contribution in [0.3, 0.4) is 0 Å². The molecule has 0 bridgehead atoms. The predicted molar refractivity (Wildman–Crippen MR) is 11.4 cm³/mol. The van der Waals surface area contributed by atoms with Gasteiger partial charge in [-0.15, -0.1) is 0 Å². The zero-order chi connectivity index (χ0) is 2.71. The summed E-state index contributed by atoms with van der Waals surface area (Å²) in [5.41, 5.74) is 0. The van der Waals surface area contributed by atoms with Gasteiger partial charge in [-0.25, -0.2) is 0 Å². The van der Waals surface area contributed by atoms with Crippen LogP contribution in [0.4, 0.5) is 0 Å². The van der Waals surface area contributed by atoms with E-state index >= 15 is 0 Å². The van der Waals surface area contributed by atoms with Crippen molar-refractivity contribution in [1.82, 2.24) is 0 Å². The summed E-state index contributed by atoms with van der Waals surface area (Å²) >= 11 is 0. The van der Waals surface area contributed by atoms with Gasteiger partial charge in [-0.1, -0.05) is 0 Å². The Kier molecular flexibility index (Phi) is 23.6. The zero-order valence-electron chi connectivity index (χ0n) is 2.10. The molecular weight excluding hydrogens is 224 g/mol. The molecule has 0 spiro atoms. The van der Waals surface area contributed by atoms with Crippen molar-refractivity contribution in [3.8, 4) is 0 Å². The molecule has 0 rings (SSSR count). The topological polar surface area (TPSA) is 17.1 Å². The first kappa shape index (κ1) is 8.87. The average Bonchev–Trinajstić information content (AvgIpc) is 0.918. The number of aldehydes is 1. The molecule has 0 saturated heterocycles. The summed E-state index contributed by atoms with van der Waals surface area (Å²) < 4.78 is 0. The zero-order valence-corrected chi connectivity index (χ0v) is 5.03. The molecule has 0 aliphatic rings. The molecule has 2 heteroatoms. The fourth-order valence-corrected chi connectivity index (χ4v) is 0. The minimum atomic E-state index is 0. The summed E-state index contributed by atoms with van der Waals surface area (Å²) in [5.74, 6) is 0. The van der Waals surface area contributed by atoms with E-state index in [4.69, 9.17) is 4.79 Å². The summed E-state index contributed by atoms with van der Waals surface area (Å²) in [7, 11) is 0. The molecule has 0 amide bonds. The van der Waals surface area contributed by atoms with Crippen LogP contribution in [0.1, 0.15) is 0 Å². The Bertz CT molecular complexity index is 13.5. The first-order valence-corrected chi connectivity index (χ1v) is 0.644. The normalized spacial score (nSPS) is 3.00. The van der Waals surface area contributed by atoms with E-state index in [9.17, 15) is 0 Å². The molecule has 0 aliphatic carbocycles. The molecule has 0 heterocycles. The van der Waals surface area contributed by atoms with Crippen molar-refractivity contribution in [1.29, 1.82) is 0 Å². The maximum absolute atomic E-state index is 8.69. The van der Waals surface area contributed by atoms with Crippen molar-refractivity contribution in [2.24, 2.45) is 0 Å². The summed E-state index contributed by atoms with van der Waals surface area (Å²) in [5, 5.41) is 0. The number of rotatable bonds is 0. The molecule has 4 heavy (non-hydrogen) atoms. The van der Waals surface area contributed by atoms with Crippen LogP contribution in [-0.2, 0) is 25.9 Å². The second-order valence-corrected chi connectivity index (χ2v) is 0.167. The van der Waals surface area contributed by atoms with E-state index in [1.165, 1.54) is 0 Å². The molecule has 0 fully saturated rings. The Morgan fingerprint density at radius 3 is 1.75 bits per heavy atom. The standard InChI is InChI=1S/C2H3O.W/c1-2-3;/h2H,1H2;/q-1;. The Labute approximate surface area is 39.7 Å². The van der Waals surface area contributed by atoms with Gasteiger partial charge in [-0.3, -0.25) is 0 Å². The largest absolute Gasteiger partial charge is 0.343 e. The maximum Gasteiger partial charge on any atom is 0 e. The van der Waals surface area contributed by atoms with Gasteiger partial charge in [0.2, 0.25) is 0 Å². The van der Waals surface area contributed by atoms with E-state index in [-0.39, 0.29) is 21.1 Å². The summed E-state index contributed by atoms with van der Waals surface area (Å²) in [4.78, 5) is 8.69. The first-order chi connectivity index (χ1) is 1.41. The second kappa shape index (κ2) is 10.6. The number of hydrogen-bond donors (Lipinski definition) is 0. The van der Waals surface area contributed by atoms with Gasteiger partial charge in [0.1, 0.15) is 0 Å². The van der Waals surface area contributed by atoms with E-state index in [1.54, 1.807) is 0 Å². The molecule has 0 aromatic rings. The maximum atomic E-state index is 8.69. The van der Waals surface area contributed by atoms with Gasteiger partial charge < -0.3 is 11.7 Å². The molecule has 0 atom stereocenters. The smallest absolute Gasteiger partial charge is 0 e. The van der Waals surface area contributed by atoms with Crippen molar-refractivity contribution in [3.05, 3.63) is 6.92 Å².